The van der Waals surface area contributed by atoms with Gasteiger partial charge in [0.2, 0.25) is 10.0 Å². The lowest BCUT2D eigenvalue weighted by molar-refractivity contribution is 0.394. The Kier molecular flexibility index (Phi) is 7.04. The van der Waals surface area contributed by atoms with E-state index in [2.05, 4.69) is 4.72 Å². The maximum Gasteiger partial charge on any atom is 0.242 e. The molecule has 8 heteroatoms. The van der Waals surface area contributed by atoms with Gasteiger partial charge in [-0.1, -0.05) is 34.8 Å². The molecule has 0 unspecified atom stereocenters. The molecule has 1 aromatic carbocycles. The van der Waals surface area contributed by atoms with E-state index in [9.17, 15) is 8.42 Å². The summed E-state index contributed by atoms with van der Waals surface area (Å²) in [6.07, 6.45) is 1.65. The minimum absolute atomic E-state index is 0.0545. The van der Waals surface area contributed by atoms with Crippen LogP contribution >= 0.6 is 34.8 Å². The zero-order valence-corrected chi connectivity index (χ0v) is 14.4. The van der Waals surface area contributed by atoms with E-state index >= 15 is 0 Å². The van der Waals surface area contributed by atoms with Crippen LogP contribution in [-0.2, 0) is 10.0 Å². The summed E-state index contributed by atoms with van der Waals surface area (Å²) in [6, 6.07) is 2.58. The minimum Gasteiger partial charge on any atom is -0.309 e. The molecule has 0 spiro atoms. The summed E-state index contributed by atoms with van der Waals surface area (Å²) in [5.74, 6) is 0. The van der Waals surface area contributed by atoms with Gasteiger partial charge < -0.3 is 4.90 Å². The van der Waals surface area contributed by atoms with Crippen LogP contribution < -0.4 is 4.72 Å². The fourth-order valence-electron chi connectivity index (χ4n) is 1.55. The highest BCUT2D eigenvalue weighted by atomic mass is 35.5. The standard InChI is InChI=1S/C12H17Cl3N2O2S/c1-17(2)6-4-3-5-16-20(18,19)12-8-10(14)9(13)7-11(12)15/h7-8,16H,3-6H2,1-2H3. The summed E-state index contributed by atoms with van der Waals surface area (Å²) < 4.78 is 26.7. The number of nitrogens with one attached hydrogen (secondary N) is 1. The molecule has 114 valence electrons. The van der Waals surface area contributed by atoms with Crippen molar-refractivity contribution < 1.29 is 8.42 Å². The third kappa shape index (κ3) is 5.39. The quantitative estimate of drug-likeness (QED) is 0.600. The van der Waals surface area contributed by atoms with Crippen molar-refractivity contribution in [2.75, 3.05) is 27.2 Å². The highest BCUT2D eigenvalue weighted by molar-refractivity contribution is 7.89. The fourth-order valence-corrected chi connectivity index (χ4v) is 3.62. The van der Waals surface area contributed by atoms with Crippen molar-refractivity contribution >= 4 is 44.8 Å². The van der Waals surface area contributed by atoms with E-state index in [1.165, 1.54) is 12.1 Å². The van der Waals surface area contributed by atoms with Gasteiger partial charge in [-0.2, -0.15) is 0 Å². The van der Waals surface area contributed by atoms with Gasteiger partial charge in [-0.15, -0.1) is 0 Å². The number of hydrogen-bond acceptors (Lipinski definition) is 3. The molecule has 0 aromatic heterocycles. The van der Waals surface area contributed by atoms with E-state index in [1.807, 2.05) is 19.0 Å². The van der Waals surface area contributed by atoms with E-state index in [0.717, 1.165) is 19.4 Å². The van der Waals surface area contributed by atoms with Crippen LogP contribution in [-0.4, -0.2) is 40.5 Å². The Balaban J connectivity index is 2.68. The predicted octanol–water partition coefficient (Wildman–Crippen LogP) is 3.27. The molecule has 1 aromatic rings. The Hall–Kier alpha value is -0.0400. The van der Waals surface area contributed by atoms with Crippen LogP contribution in [0, 0.1) is 0 Å². The van der Waals surface area contributed by atoms with Crippen molar-refractivity contribution in [3.63, 3.8) is 0 Å². The third-order valence-corrected chi connectivity index (χ3v) is 5.24. The van der Waals surface area contributed by atoms with Gasteiger partial charge in [0.15, 0.2) is 0 Å². The van der Waals surface area contributed by atoms with Crippen LogP contribution in [0.1, 0.15) is 12.8 Å². The second-order valence-electron chi connectivity index (χ2n) is 4.60. The summed E-state index contributed by atoms with van der Waals surface area (Å²) in [5, 5.41) is 0.436. The normalized spacial score (nSPS) is 12.1. The maximum atomic E-state index is 12.1. The lowest BCUT2D eigenvalue weighted by Gasteiger charge is -2.11. The van der Waals surface area contributed by atoms with Gasteiger partial charge >= 0.3 is 0 Å². The lowest BCUT2D eigenvalue weighted by atomic mass is 10.3. The van der Waals surface area contributed by atoms with E-state index in [4.69, 9.17) is 34.8 Å². The molecule has 0 aliphatic heterocycles. The zero-order chi connectivity index (χ0) is 15.3. The first kappa shape index (κ1) is 18.0. The summed E-state index contributed by atoms with van der Waals surface area (Å²) in [4.78, 5) is 1.99. The first-order valence-corrected chi connectivity index (χ1v) is 8.64. The van der Waals surface area contributed by atoms with Crippen molar-refractivity contribution in [2.45, 2.75) is 17.7 Å². The number of sulfonamides is 1. The number of benzene rings is 1. The van der Waals surface area contributed by atoms with Gasteiger partial charge in [0, 0.05) is 6.54 Å². The minimum atomic E-state index is -3.67. The molecule has 0 saturated heterocycles. The SMILES string of the molecule is CN(C)CCCCNS(=O)(=O)c1cc(Cl)c(Cl)cc1Cl. The Morgan fingerprint density at radius 3 is 2.25 bits per heavy atom. The molecule has 0 amide bonds. The molecule has 4 nitrogen and oxygen atoms in total. The van der Waals surface area contributed by atoms with Crippen molar-refractivity contribution in [2.24, 2.45) is 0 Å². The molecule has 0 saturated carbocycles. The Morgan fingerprint density at radius 2 is 1.65 bits per heavy atom. The topological polar surface area (TPSA) is 49.4 Å². The van der Waals surface area contributed by atoms with Gasteiger partial charge in [-0.25, -0.2) is 13.1 Å². The van der Waals surface area contributed by atoms with Crippen molar-refractivity contribution in [3.8, 4) is 0 Å². The van der Waals surface area contributed by atoms with Crippen LogP contribution in [0.2, 0.25) is 15.1 Å². The molecule has 0 radical (unpaired) electrons. The molecule has 20 heavy (non-hydrogen) atoms. The van der Waals surface area contributed by atoms with Crippen molar-refractivity contribution in [3.05, 3.63) is 27.2 Å². The maximum absolute atomic E-state index is 12.1. The Labute approximate surface area is 135 Å². The van der Waals surface area contributed by atoms with E-state index < -0.39 is 10.0 Å². The summed E-state index contributed by atoms with van der Waals surface area (Å²) in [7, 11) is 0.274. The van der Waals surface area contributed by atoms with E-state index in [-0.39, 0.29) is 20.0 Å². The molecule has 0 atom stereocenters. The third-order valence-electron chi connectivity index (χ3n) is 2.59. The zero-order valence-electron chi connectivity index (χ0n) is 11.3. The average molecular weight is 360 g/mol. The largest absolute Gasteiger partial charge is 0.309 e. The molecule has 0 aliphatic carbocycles. The average Bonchev–Trinajstić information content (AvgIpc) is 2.32. The smallest absolute Gasteiger partial charge is 0.242 e. The summed E-state index contributed by atoms with van der Waals surface area (Å²) in [6.45, 7) is 1.27. The van der Waals surface area contributed by atoms with E-state index in [0.29, 0.717) is 6.54 Å². The highest BCUT2D eigenvalue weighted by Gasteiger charge is 2.19. The molecule has 0 aliphatic rings. The molecular formula is C12H17Cl3N2O2S. The Morgan fingerprint density at radius 1 is 1.05 bits per heavy atom. The van der Waals surface area contributed by atoms with Crippen LogP contribution in [0.25, 0.3) is 0 Å². The fraction of sp³-hybridized carbons (Fsp3) is 0.500. The number of nitrogens with zero attached hydrogens (tertiary/aromatic N) is 1. The molecule has 1 N–H and O–H groups in total. The van der Waals surface area contributed by atoms with E-state index in [1.54, 1.807) is 0 Å². The second kappa shape index (κ2) is 7.82. The molecule has 1 rings (SSSR count). The van der Waals surface area contributed by atoms with Crippen molar-refractivity contribution in [1.82, 2.24) is 9.62 Å². The van der Waals surface area contributed by atoms with Crippen LogP contribution in [0.4, 0.5) is 0 Å². The monoisotopic (exact) mass is 358 g/mol. The summed E-state index contributed by atoms with van der Waals surface area (Å²) >= 11 is 17.5. The summed E-state index contributed by atoms with van der Waals surface area (Å²) in [5.41, 5.74) is 0. The molecule has 0 fully saturated rings. The van der Waals surface area contributed by atoms with Crippen molar-refractivity contribution in [1.29, 1.82) is 0 Å². The highest BCUT2D eigenvalue weighted by Crippen LogP contribution is 2.31. The lowest BCUT2D eigenvalue weighted by Crippen LogP contribution is -2.26. The van der Waals surface area contributed by atoms with Gasteiger partial charge in [0.1, 0.15) is 4.90 Å². The van der Waals surface area contributed by atoms with Gasteiger partial charge in [0.25, 0.3) is 0 Å². The van der Waals surface area contributed by atoms with Crippen LogP contribution in [0.5, 0.6) is 0 Å². The Bertz CT molecular complexity index is 562. The van der Waals surface area contributed by atoms with Crippen LogP contribution in [0.15, 0.2) is 17.0 Å². The number of halogens is 3. The predicted molar refractivity (Wildman–Crippen MR) is 84.4 cm³/mol. The number of hydrogen-bond donors (Lipinski definition) is 1. The molecular weight excluding hydrogens is 343 g/mol. The van der Waals surface area contributed by atoms with Gasteiger partial charge in [0.05, 0.1) is 15.1 Å². The number of unbranched alkanes of at least 4 members (excludes halogenated alkanes) is 1. The second-order valence-corrected chi connectivity index (χ2v) is 7.56. The molecule has 0 heterocycles. The first-order chi connectivity index (χ1) is 9.24. The van der Waals surface area contributed by atoms with Gasteiger partial charge in [-0.05, 0) is 45.6 Å². The van der Waals surface area contributed by atoms with Crippen LogP contribution in [0.3, 0.4) is 0 Å². The van der Waals surface area contributed by atoms with Gasteiger partial charge in [-0.3, -0.25) is 0 Å². The number of rotatable bonds is 7. The molecule has 0 bridgehead atoms. The first-order valence-electron chi connectivity index (χ1n) is 6.03.